The first-order valence-electron chi connectivity index (χ1n) is 6.33. The van der Waals surface area contributed by atoms with Gasteiger partial charge in [-0.25, -0.2) is 0 Å². The van der Waals surface area contributed by atoms with Crippen LogP contribution in [0.1, 0.15) is 31.4 Å². The Bertz CT molecular complexity index is 533. The highest BCUT2D eigenvalue weighted by atomic mass is 15.4. The highest BCUT2D eigenvalue weighted by Crippen LogP contribution is 2.32. The number of hydrazone groups is 1. The van der Waals surface area contributed by atoms with Crippen LogP contribution in [-0.4, -0.2) is 17.8 Å². The first kappa shape index (κ1) is 12.6. The zero-order chi connectivity index (χ0) is 13.3. The average Bonchev–Trinajstić information content (AvgIpc) is 2.35. The fraction of sp³-hybridized carbons (Fsp3) is 0.312. The van der Waals surface area contributed by atoms with Crippen molar-refractivity contribution in [3.63, 3.8) is 0 Å². The third kappa shape index (κ3) is 2.10. The van der Waals surface area contributed by atoms with Gasteiger partial charge in [0, 0.05) is 12.6 Å². The number of rotatable bonds is 2. The maximum Gasteiger partial charge on any atom is 0.0660 e. The SMILES string of the molecule is C=C1C(CC)=C(c2ccc(C)cc2)C(C)=NN1C. The van der Waals surface area contributed by atoms with E-state index in [4.69, 9.17) is 0 Å². The minimum absolute atomic E-state index is 0.971. The molecule has 0 saturated heterocycles. The summed E-state index contributed by atoms with van der Waals surface area (Å²) in [5, 5.41) is 6.40. The summed E-state index contributed by atoms with van der Waals surface area (Å²) in [6, 6.07) is 8.61. The van der Waals surface area contributed by atoms with E-state index in [1.807, 2.05) is 12.1 Å². The van der Waals surface area contributed by atoms with Crippen molar-refractivity contribution in [2.24, 2.45) is 5.10 Å². The predicted molar refractivity (Wildman–Crippen MR) is 78.4 cm³/mol. The molecule has 2 nitrogen and oxygen atoms in total. The van der Waals surface area contributed by atoms with Crippen molar-refractivity contribution in [2.75, 3.05) is 7.05 Å². The molecule has 0 spiro atoms. The van der Waals surface area contributed by atoms with Crippen LogP contribution in [0.25, 0.3) is 5.57 Å². The molecule has 2 rings (SSSR count). The van der Waals surface area contributed by atoms with Crippen molar-refractivity contribution in [3.8, 4) is 0 Å². The lowest BCUT2D eigenvalue weighted by atomic mass is 9.91. The quantitative estimate of drug-likeness (QED) is 0.763. The molecule has 0 bridgehead atoms. The van der Waals surface area contributed by atoms with E-state index in [0.717, 1.165) is 17.8 Å². The summed E-state index contributed by atoms with van der Waals surface area (Å²) >= 11 is 0. The highest BCUT2D eigenvalue weighted by molar-refractivity contribution is 6.24. The standard InChI is InChI=1S/C16H20N2/c1-6-15-13(4)18(5)17-12(3)16(15)14-9-7-11(2)8-10-14/h7-10H,4,6H2,1-3,5H3. The number of nitrogens with zero attached hydrogens (tertiary/aromatic N) is 2. The van der Waals surface area contributed by atoms with E-state index < -0.39 is 0 Å². The van der Waals surface area contributed by atoms with Gasteiger partial charge in [-0.2, -0.15) is 5.10 Å². The third-order valence-electron chi connectivity index (χ3n) is 3.40. The summed E-state index contributed by atoms with van der Waals surface area (Å²) < 4.78 is 0. The lowest BCUT2D eigenvalue weighted by molar-refractivity contribution is 0.450. The van der Waals surface area contributed by atoms with E-state index >= 15 is 0 Å². The fourth-order valence-electron chi connectivity index (χ4n) is 2.38. The number of aryl methyl sites for hydroxylation is 1. The summed E-state index contributed by atoms with van der Waals surface area (Å²) in [6.07, 6.45) is 0.971. The Morgan fingerprint density at radius 3 is 2.33 bits per heavy atom. The van der Waals surface area contributed by atoms with Gasteiger partial charge in [0.15, 0.2) is 0 Å². The lowest BCUT2D eigenvalue weighted by Crippen LogP contribution is -2.21. The topological polar surface area (TPSA) is 15.6 Å². The molecule has 1 heterocycles. The van der Waals surface area contributed by atoms with Crippen LogP contribution in [0.3, 0.4) is 0 Å². The normalized spacial score (nSPS) is 16.1. The van der Waals surface area contributed by atoms with Crippen LogP contribution >= 0.6 is 0 Å². The van der Waals surface area contributed by atoms with Crippen molar-refractivity contribution < 1.29 is 0 Å². The number of allylic oxidation sites excluding steroid dienone is 2. The molecular weight excluding hydrogens is 220 g/mol. The summed E-state index contributed by atoms with van der Waals surface area (Å²) in [4.78, 5) is 0. The molecule has 0 fully saturated rings. The Morgan fingerprint density at radius 1 is 1.17 bits per heavy atom. The van der Waals surface area contributed by atoms with Gasteiger partial charge in [0.25, 0.3) is 0 Å². The monoisotopic (exact) mass is 240 g/mol. The van der Waals surface area contributed by atoms with Gasteiger partial charge >= 0.3 is 0 Å². The Hall–Kier alpha value is -1.83. The second-order valence-electron chi connectivity index (χ2n) is 4.73. The molecule has 18 heavy (non-hydrogen) atoms. The molecule has 0 aliphatic carbocycles. The Morgan fingerprint density at radius 2 is 1.78 bits per heavy atom. The van der Waals surface area contributed by atoms with Crippen LogP contribution in [0.2, 0.25) is 0 Å². The largest absolute Gasteiger partial charge is 0.269 e. The lowest BCUT2D eigenvalue weighted by Gasteiger charge is -2.27. The Labute approximate surface area is 109 Å². The van der Waals surface area contributed by atoms with Gasteiger partial charge < -0.3 is 0 Å². The molecule has 1 aliphatic heterocycles. The van der Waals surface area contributed by atoms with Crippen LogP contribution in [0.15, 0.2) is 47.2 Å². The second-order valence-corrected chi connectivity index (χ2v) is 4.73. The molecule has 0 atom stereocenters. The van der Waals surface area contributed by atoms with Gasteiger partial charge in [-0.15, -0.1) is 0 Å². The maximum atomic E-state index is 4.53. The smallest absolute Gasteiger partial charge is 0.0660 e. The molecule has 0 radical (unpaired) electrons. The number of benzene rings is 1. The van der Waals surface area contributed by atoms with E-state index in [0.29, 0.717) is 0 Å². The molecule has 0 saturated carbocycles. The highest BCUT2D eigenvalue weighted by Gasteiger charge is 2.20. The van der Waals surface area contributed by atoms with E-state index in [2.05, 4.69) is 56.7 Å². The van der Waals surface area contributed by atoms with Gasteiger partial charge in [0.2, 0.25) is 0 Å². The Balaban J connectivity index is 2.58. The fourth-order valence-corrected chi connectivity index (χ4v) is 2.38. The van der Waals surface area contributed by atoms with E-state index in [1.165, 1.54) is 22.3 Å². The molecule has 1 aromatic carbocycles. The molecular formula is C16H20N2. The van der Waals surface area contributed by atoms with Crippen molar-refractivity contribution in [2.45, 2.75) is 27.2 Å². The van der Waals surface area contributed by atoms with Gasteiger partial charge in [0.05, 0.1) is 11.4 Å². The summed E-state index contributed by atoms with van der Waals surface area (Å²) in [6.45, 7) is 10.5. The van der Waals surface area contributed by atoms with Gasteiger partial charge in [-0.3, -0.25) is 5.01 Å². The molecule has 0 amide bonds. The number of likely N-dealkylation sites (N-methyl/N-ethyl adjacent to an activating group) is 1. The molecule has 1 aliphatic rings. The number of hydrogen-bond acceptors (Lipinski definition) is 2. The van der Waals surface area contributed by atoms with Crippen LogP contribution in [-0.2, 0) is 0 Å². The minimum atomic E-state index is 0.971. The number of hydrogen-bond donors (Lipinski definition) is 0. The average molecular weight is 240 g/mol. The molecule has 1 aromatic rings. The first-order valence-corrected chi connectivity index (χ1v) is 6.33. The van der Waals surface area contributed by atoms with Crippen LogP contribution in [0.4, 0.5) is 0 Å². The summed E-state index contributed by atoms with van der Waals surface area (Å²) in [5.74, 6) is 0. The maximum absolute atomic E-state index is 4.53. The van der Waals surface area contributed by atoms with Crippen LogP contribution in [0.5, 0.6) is 0 Å². The van der Waals surface area contributed by atoms with E-state index in [9.17, 15) is 0 Å². The molecule has 0 unspecified atom stereocenters. The molecule has 2 heteroatoms. The van der Waals surface area contributed by atoms with Gasteiger partial charge in [0.1, 0.15) is 0 Å². The predicted octanol–water partition coefficient (Wildman–Crippen LogP) is 3.99. The van der Waals surface area contributed by atoms with Crippen LogP contribution < -0.4 is 0 Å². The van der Waals surface area contributed by atoms with Crippen LogP contribution in [0, 0.1) is 6.92 Å². The zero-order valence-corrected chi connectivity index (χ0v) is 11.6. The second kappa shape index (κ2) is 4.81. The van der Waals surface area contributed by atoms with Crippen molar-refractivity contribution in [1.82, 2.24) is 5.01 Å². The molecule has 94 valence electrons. The summed E-state index contributed by atoms with van der Waals surface area (Å²) in [5.41, 5.74) is 7.09. The molecule has 0 aromatic heterocycles. The van der Waals surface area contributed by atoms with E-state index in [-0.39, 0.29) is 0 Å². The van der Waals surface area contributed by atoms with Gasteiger partial charge in [-0.1, -0.05) is 43.3 Å². The third-order valence-corrected chi connectivity index (χ3v) is 3.40. The first-order chi connectivity index (χ1) is 8.54. The zero-order valence-electron chi connectivity index (χ0n) is 11.6. The molecule has 0 N–H and O–H groups in total. The summed E-state index contributed by atoms with van der Waals surface area (Å²) in [7, 11) is 1.95. The van der Waals surface area contributed by atoms with E-state index in [1.54, 1.807) is 0 Å². The van der Waals surface area contributed by atoms with Crippen molar-refractivity contribution in [3.05, 3.63) is 53.2 Å². The minimum Gasteiger partial charge on any atom is -0.269 e. The van der Waals surface area contributed by atoms with Crippen molar-refractivity contribution in [1.29, 1.82) is 0 Å². The van der Waals surface area contributed by atoms with Gasteiger partial charge in [-0.05, 0) is 31.4 Å². The van der Waals surface area contributed by atoms with Crippen molar-refractivity contribution >= 4 is 11.3 Å². The Kier molecular flexibility index (Phi) is 3.37.